The zero-order chi connectivity index (χ0) is 17.2. The van der Waals surface area contributed by atoms with Crippen molar-refractivity contribution in [3.05, 3.63) is 18.0 Å². The summed E-state index contributed by atoms with van der Waals surface area (Å²) < 4.78 is 19.3. The van der Waals surface area contributed by atoms with E-state index >= 15 is 0 Å². The maximum atomic E-state index is 12.4. The molecule has 1 aliphatic carbocycles. The van der Waals surface area contributed by atoms with E-state index in [-0.39, 0.29) is 16.9 Å². The van der Waals surface area contributed by atoms with Crippen molar-refractivity contribution in [1.82, 2.24) is 20.0 Å². The van der Waals surface area contributed by atoms with E-state index in [4.69, 9.17) is 4.74 Å². The second-order valence-corrected chi connectivity index (χ2v) is 8.60. The molecule has 24 heavy (non-hydrogen) atoms. The minimum atomic E-state index is -0.904. The number of morpholine rings is 1. The first-order valence-corrected chi connectivity index (χ1v) is 10.0. The SMILES string of the molecule is Cc1cnn(CC2CN(C(=O)NCC3(S(C)=O)CCC3)CCO2)c1. The number of nitrogens with one attached hydrogen (secondary N) is 1. The molecule has 8 heteroatoms. The van der Waals surface area contributed by atoms with E-state index in [0.717, 1.165) is 24.8 Å². The number of aryl methyl sites for hydroxylation is 1. The molecule has 2 amide bonds. The predicted molar refractivity (Wildman–Crippen MR) is 92.3 cm³/mol. The zero-order valence-electron chi connectivity index (χ0n) is 14.4. The second-order valence-electron chi connectivity index (χ2n) is 6.83. The van der Waals surface area contributed by atoms with Crippen LogP contribution in [0.25, 0.3) is 0 Å². The average molecular weight is 354 g/mol. The molecule has 0 spiro atoms. The Hall–Kier alpha value is -1.41. The maximum Gasteiger partial charge on any atom is 0.317 e. The molecule has 7 nitrogen and oxygen atoms in total. The molecule has 0 radical (unpaired) electrons. The lowest BCUT2D eigenvalue weighted by molar-refractivity contribution is -0.0238. The van der Waals surface area contributed by atoms with E-state index in [1.54, 1.807) is 11.2 Å². The average Bonchev–Trinajstić information content (AvgIpc) is 2.91. The molecule has 2 atom stereocenters. The van der Waals surface area contributed by atoms with Gasteiger partial charge in [-0.05, 0) is 25.3 Å². The van der Waals surface area contributed by atoms with Crippen LogP contribution in [-0.4, -0.2) is 68.3 Å². The number of rotatable bonds is 5. The van der Waals surface area contributed by atoms with Crippen molar-refractivity contribution in [3.8, 4) is 0 Å². The summed E-state index contributed by atoms with van der Waals surface area (Å²) in [5.74, 6) is 0. The van der Waals surface area contributed by atoms with Gasteiger partial charge in [0.25, 0.3) is 0 Å². The lowest BCUT2D eigenvalue weighted by atomic mass is 9.84. The molecule has 2 fully saturated rings. The highest BCUT2D eigenvalue weighted by Gasteiger charge is 2.41. The van der Waals surface area contributed by atoms with E-state index in [0.29, 0.717) is 32.8 Å². The number of carbonyl (C=O) groups is 1. The van der Waals surface area contributed by atoms with Gasteiger partial charge in [-0.2, -0.15) is 5.10 Å². The maximum absolute atomic E-state index is 12.4. The van der Waals surface area contributed by atoms with Crippen molar-refractivity contribution in [3.63, 3.8) is 0 Å². The van der Waals surface area contributed by atoms with Crippen molar-refractivity contribution in [1.29, 1.82) is 0 Å². The third kappa shape index (κ3) is 3.80. The standard InChI is InChI=1S/C16H26N4O3S/c1-13-8-18-20(9-13)11-14-10-19(6-7-23-14)15(21)17-12-16(24(2)22)4-3-5-16/h8-9,14H,3-7,10-12H2,1-2H3,(H,17,21). The lowest BCUT2D eigenvalue weighted by Gasteiger charge is -2.40. The normalized spacial score (nSPS) is 24.2. The highest BCUT2D eigenvalue weighted by Crippen LogP contribution is 2.36. The Morgan fingerprint density at radius 1 is 1.54 bits per heavy atom. The van der Waals surface area contributed by atoms with Crippen molar-refractivity contribution in [2.24, 2.45) is 0 Å². The number of urea groups is 1. The monoisotopic (exact) mass is 354 g/mol. The Bertz CT molecular complexity index is 614. The van der Waals surface area contributed by atoms with Gasteiger partial charge in [-0.25, -0.2) is 4.79 Å². The van der Waals surface area contributed by atoms with Crippen molar-refractivity contribution < 1.29 is 13.7 Å². The summed E-state index contributed by atoms with van der Waals surface area (Å²) in [4.78, 5) is 14.2. The summed E-state index contributed by atoms with van der Waals surface area (Å²) in [5, 5.41) is 7.25. The molecule has 1 saturated carbocycles. The van der Waals surface area contributed by atoms with Crippen LogP contribution in [0.4, 0.5) is 4.79 Å². The third-order valence-corrected chi connectivity index (χ3v) is 6.79. The van der Waals surface area contributed by atoms with Crippen molar-refractivity contribution >= 4 is 16.8 Å². The van der Waals surface area contributed by atoms with E-state index in [1.165, 1.54) is 0 Å². The van der Waals surface area contributed by atoms with Crippen LogP contribution >= 0.6 is 0 Å². The molecule has 1 aromatic rings. The molecule has 1 aliphatic heterocycles. The largest absolute Gasteiger partial charge is 0.373 e. The first-order chi connectivity index (χ1) is 11.5. The molecular weight excluding hydrogens is 328 g/mol. The van der Waals surface area contributed by atoms with Gasteiger partial charge >= 0.3 is 6.03 Å². The van der Waals surface area contributed by atoms with Crippen LogP contribution in [0.5, 0.6) is 0 Å². The fraction of sp³-hybridized carbons (Fsp3) is 0.750. The molecule has 1 saturated heterocycles. The third-order valence-electron chi connectivity index (χ3n) is 5.02. The van der Waals surface area contributed by atoms with Gasteiger partial charge in [0.15, 0.2) is 0 Å². The Balaban J connectivity index is 1.50. The quantitative estimate of drug-likeness (QED) is 0.852. The molecule has 0 bridgehead atoms. The number of carbonyl (C=O) groups excluding carboxylic acids is 1. The molecule has 3 rings (SSSR count). The molecule has 2 aliphatic rings. The molecule has 2 heterocycles. The van der Waals surface area contributed by atoms with Gasteiger partial charge in [-0.1, -0.05) is 6.42 Å². The number of aromatic nitrogens is 2. The molecular formula is C16H26N4O3S. The Labute approximate surface area is 145 Å². The molecule has 134 valence electrons. The van der Waals surface area contributed by atoms with Gasteiger partial charge < -0.3 is 15.0 Å². The van der Waals surface area contributed by atoms with Gasteiger partial charge in [-0.3, -0.25) is 8.89 Å². The molecule has 2 unspecified atom stereocenters. The number of hydrogen-bond donors (Lipinski definition) is 1. The van der Waals surface area contributed by atoms with Gasteiger partial charge in [0.05, 0.1) is 36.7 Å². The summed E-state index contributed by atoms with van der Waals surface area (Å²) in [7, 11) is -0.904. The van der Waals surface area contributed by atoms with Crippen molar-refractivity contribution in [2.45, 2.75) is 43.6 Å². The van der Waals surface area contributed by atoms with E-state index in [9.17, 15) is 9.00 Å². The second kappa shape index (κ2) is 7.23. The zero-order valence-corrected chi connectivity index (χ0v) is 15.2. The van der Waals surface area contributed by atoms with Gasteiger partial charge in [0, 0.05) is 36.3 Å². The first kappa shape index (κ1) is 17.4. The Kier molecular flexibility index (Phi) is 5.24. The van der Waals surface area contributed by atoms with E-state index in [2.05, 4.69) is 10.4 Å². The van der Waals surface area contributed by atoms with Crippen LogP contribution in [0.2, 0.25) is 0 Å². The lowest BCUT2D eigenvalue weighted by Crippen LogP contribution is -2.55. The van der Waals surface area contributed by atoms with Crippen molar-refractivity contribution in [2.75, 3.05) is 32.5 Å². The number of ether oxygens (including phenoxy) is 1. The summed E-state index contributed by atoms with van der Waals surface area (Å²) >= 11 is 0. The number of nitrogens with zero attached hydrogens (tertiary/aromatic N) is 3. The van der Waals surface area contributed by atoms with Crippen LogP contribution in [0.3, 0.4) is 0 Å². The molecule has 1 N–H and O–H groups in total. The number of hydrogen-bond acceptors (Lipinski definition) is 4. The smallest absolute Gasteiger partial charge is 0.317 e. The summed E-state index contributed by atoms with van der Waals surface area (Å²) in [6.45, 7) is 4.80. The number of amides is 2. The van der Waals surface area contributed by atoms with Gasteiger partial charge in [0.2, 0.25) is 0 Å². The minimum absolute atomic E-state index is 0.0539. The van der Waals surface area contributed by atoms with Crippen LogP contribution in [0.15, 0.2) is 12.4 Å². The fourth-order valence-corrected chi connectivity index (χ4v) is 4.41. The van der Waals surface area contributed by atoms with E-state index in [1.807, 2.05) is 24.0 Å². The minimum Gasteiger partial charge on any atom is -0.373 e. The highest BCUT2D eigenvalue weighted by atomic mass is 32.2. The summed E-state index contributed by atoms with van der Waals surface area (Å²) in [6, 6.07) is -0.0864. The first-order valence-electron chi connectivity index (χ1n) is 8.45. The summed E-state index contributed by atoms with van der Waals surface area (Å²) in [5.41, 5.74) is 1.11. The van der Waals surface area contributed by atoms with Gasteiger partial charge in [0.1, 0.15) is 0 Å². The fourth-order valence-electron chi connectivity index (χ4n) is 3.28. The topological polar surface area (TPSA) is 76.5 Å². The van der Waals surface area contributed by atoms with E-state index < -0.39 is 10.8 Å². The predicted octanol–water partition coefficient (Wildman–Crippen LogP) is 0.903. The molecule has 1 aromatic heterocycles. The highest BCUT2D eigenvalue weighted by molar-refractivity contribution is 7.85. The Morgan fingerprint density at radius 3 is 2.92 bits per heavy atom. The molecule has 0 aromatic carbocycles. The van der Waals surface area contributed by atoms with Crippen LogP contribution in [-0.2, 0) is 22.1 Å². The van der Waals surface area contributed by atoms with Crippen LogP contribution in [0.1, 0.15) is 24.8 Å². The van der Waals surface area contributed by atoms with Crippen LogP contribution < -0.4 is 5.32 Å². The van der Waals surface area contributed by atoms with Gasteiger partial charge in [-0.15, -0.1) is 0 Å². The van der Waals surface area contributed by atoms with Crippen LogP contribution in [0, 0.1) is 6.92 Å². The summed E-state index contributed by atoms with van der Waals surface area (Å²) in [6.07, 6.45) is 8.43. The Morgan fingerprint density at radius 2 is 2.33 bits per heavy atom.